The SMILES string of the molecule is Nc1ncc(CN2CCCC2CO)s1. The molecule has 2 rings (SSSR count). The standard InChI is InChI=1S/C9H15N3OS/c10-9-11-4-8(14-9)5-12-3-1-2-7(12)6-13/h4,7,13H,1-3,5-6H2,(H2,10,11). The molecule has 5 heteroatoms. The highest BCUT2D eigenvalue weighted by molar-refractivity contribution is 7.15. The third kappa shape index (κ3) is 2.05. The molecule has 0 amide bonds. The third-order valence-electron chi connectivity index (χ3n) is 2.64. The molecular weight excluding hydrogens is 198 g/mol. The fourth-order valence-electron chi connectivity index (χ4n) is 1.91. The van der Waals surface area contributed by atoms with E-state index in [1.807, 2.05) is 6.20 Å². The zero-order chi connectivity index (χ0) is 9.97. The number of rotatable bonds is 3. The molecule has 1 aliphatic rings. The maximum absolute atomic E-state index is 9.14. The van der Waals surface area contributed by atoms with Crippen molar-refractivity contribution in [2.45, 2.75) is 25.4 Å². The van der Waals surface area contributed by atoms with Crippen LogP contribution in [0.2, 0.25) is 0 Å². The molecule has 1 aromatic heterocycles. The molecule has 2 heterocycles. The first-order valence-corrected chi connectivity index (χ1v) is 5.66. The summed E-state index contributed by atoms with van der Waals surface area (Å²) in [6, 6.07) is 0.332. The van der Waals surface area contributed by atoms with E-state index in [4.69, 9.17) is 10.8 Å². The topological polar surface area (TPSA) is 62.4 Å². The van der Waals surface area contributed by atoms with Crippen LogP contribution in [0.4, 0.5) is 5.13 Å². The van der Waals surface area contributed by atoms with Crippen LogP contribution in [-0.4, -0.2) is 34.2 Å². The Morgan fingerprint density at radius 1 is 1.71 bits per heavy atom. The third-order valence-corrected chi connectivity index (χ3v) is 3.45. The summed E-state index contributed by atoms with van der Waals surface area (Å²) in [6.07, 6.45) is 4.11. The van der Waals surface area contributed by atoms with E-state index >= 15 is 0 Å². The molecule has 0 aromatic carbocycles. The van der Waals surface area contributed by atoms with Gasteiger partial charge in [0.15, 0.2) is 5.13 Å². The van der Waals surface area contributed by atoms with Crippen molar-refractivity contribution >= 4 is 16.5 Å². The maximum atomic E-state index is 9.14. The molecule has 14 heavy (non-hydrogen) atoms. The number of thiazole rings is 1. The molecule has 3 N–H and O–H groups in total. The first kappa shape index (κ1) is 9.89. The number of likely N-dealkylation sites (tertiary alicyclic amines) is 1. The van der Waals surface area contributed by atoms with E-state index in [0.717, 1.165) is 19.5 Å². The average Bonchev–Trinajstić information content (AvgIpc) is 2.76. The van der Waals surface area contributed by atoms with Crippen molar-refractivity contribution in [2.75, 3.05) is 18.9 Å². The number of aliphatic hydroxyl groups excluding tert-OH is 1. The van der Waals surface area contributed by atoms with Gasteiger partial charge in [-0.25, -0.2) is 4.98 Å². The lowest BCUT2D eigenvalue weighted by atomic mass is 10.2. The second-order valence-electron chi connectivity index (χ2n) is 3.61. The van der Waals surface area contributed by atoms with Crippen molar-refractivity contribution < 1.29 is 5.11 Å². The van der Waals surface area contributed by atoms with Crippen molar-refractivity contribution in [2.24, 2.45) is 0 Å². The molecule has 1 aromatic rings. The van der Waals surface area contributed by atoms with E-state index in [0.29, 0.717) is 11.2 Å². The zero-order valence-electron chi connectivity index (χ0n) is 8.02. The zero-order valence-corrected chi connectivity index (χ0v) is 8.83. The first-order chi connectivity index (χ1) is 6.79. The van der Waals surface area contributed by atoms with Crippen LogP contribution in [0.5, 0.6) is 0 Å². The molecule has 4 nitrogen and oxygen atoms in total. The number of anilines is 1. The average molecular weight is 213 g/mol. The minimum absolute atomic E-state index is 0.258. The number of nitrogens with zero attached hydrogens (tertiary/aromatic N) is 2. The maximum Gasteiger partial charge on any atom is 0.180 e. The van der Waals surface area contributed by atoms with Gasteiger partial charge < -0.3 is 10.8 Å². The van der Waals surface area contributed by atoms with Gasteiger partial charge in [0.2, 0.25) is 0 Å². The molecule has 0 bridgehead atoms. The quantitative estimate of drug-likeness (QED) is 0.775. The van der Waals surface area contributed by atoms with Crippen molar-refractivity contribution in [1.82, 2.24) is 9.88 Å². The molecule has 78 valence electrons. The summed E-state index contributed by atoms with van der Waals surface area (Å²) in [7, 11) is 0. The summed E-state index contributed by atoms with van der Waals surface area (Å²) in [5.74, 6) is 0. The Kier molecular flexibility index (Phi) is 3.00. The summed E-state index contributed by atoms with van der Waals surface area (Å²) < 4.78 is 0. The van der Waals surface area contributed by atoms with Gasteiger partial charge in [0.05, 0.1) is 6.61 Å². The number of hydrogen-bond acceptors (Lipinski definition) is 5. The van der Waals surface area contributed by atoms with Gasteiger partial charge in [-0.3, -0.25) is 4.90 Å². The van der Waals surface area contributed by atoms with E-state index in [1.165, 1.54) is 22.6 Å². The number of nitrogens with two attached hydrogens (primary N) is 1. The second-order valence-corrected chi connectivity index (χ2v) is 4.76. The Balaban J connectivity index is 1.96. The molecule has 1 fully saturated rings. The normalized spacial score (nSPS) is 23.1. The van der Waals surface area contributed by atoms with Crippen molar-refractivity contribution in [3.05, 3.63) is 11.1 Å². The highest BCUT2D eigenvalue weighted by atomic mass is 32.1. The minimum Gasteiger partial charge on any atom is -0.395 e. The Bertz CT molecular complexity index is 302. The van der Waals surface area contributed by atoms with Gasteiger partial charge in [-0.15, -0.1) is 11.3 Å². The summed E-state index contributed by atoms with van der Waals surface area (Å²) in [5.41, 5.74) is 5.56. The molecule has 1 unspecified atom stereocenters. The summed E-state index contributed by atoms with van der Waals surface area (Å²) >= 11 is 1.53. The van der Waals surface area contributed by atoms with E-state index in [-0.39, 0.29) is 6.61 Å². The predicted octanol–water partition coefficient (Wildman–Crippen LogP) is 0.682. The van der Waals surface area contributed by atoms with Crippen LogP contribution < -0.4 is 5.73 Å². The van der Waals surface area contributed by atoms with E-state index in [1.54, 1.807) is 0 Å². The first-order valence-electron chi connectivity index (χ1n) is 4.84. The van der Waals surface area contributed by atoms with E-state index in [9.17, 15) is 0 Å². The van der Waals surface area contributed by atoms with Crippen LogP contribution in [0.15, 0.2) is 6.20 Å². The summed E-state index contributed by atoms with van der Waals surface area (Å²) in [6.45, 7) is 2.21. The van der Waals surface area contributed by atoms with Gasteiger partial charge in [-0.2, -0.15) is 0 Å². The molecule has 0 spiro atoms. The Morgan fingerprint density at radius 2 is 2.57 bits per heavy atom. The van der Waals surface area contributed by atoms with Gasteiger partial charge in [-0.05, 0) is 19.4 Å². The van der Waals surface area contributed by atoms with Crippen LogP contribution >= 0.6 is 11.3 Å². The van der Waals surface area contributed by atoms with Crippen molar-refractivity contribution in [1.29, 1.82) is 0 Å². The van der Waals surface area contributed by atoms with Crippen LogP contribution in [0.25, 0.3) is 0 Å². The Labute approximate surface area is 87.4 Å². The van der Waals surface area contributed by atoms with E-state index in [2.05, 4.69) is 9.88 Å². The molecule has 1 saturated heterocycles. The molecule has 0 radical (unpaired) electrons. The lowest BCUT2D eigenvalue weighted by Gasteiger charge is -2.21. The fraction of sp³-hybridized carbons (Fsp3) is 0.667. The van der Waals surface area contributed by atoms with Gasteiger partial charge in [0.25, 0.3) is 0 Å². The molecular formula is C9H15N3OS. The minimum atomic E-state index is 0.258. The van der Waals surface area contributed by atoms with Crippen LogP contribution in [0.1, 0.15) is 17.7 Å². The van der Waals surface area contributed by atoms with Gasteiger partial charge in [-0.1, -0.05) is 0 Å². The highest BCUT2D eigenvalue weighted by Crippen LogP contribution is 2.22. The highest BCUT2D eigenvalue weighted by Gasteiger charge is 2.23. The number of aromatic nitrogens is 1. The van der Waals surface area contributed by atoms with Gasteiger partial charge >= 0.3 is 0 Å². The van der Waals surface area contributed by atoms with Crippen LogP contribution in [0, 0.1) is 0 Å². The number of nitrogen functional groups attached to an aromatic ring is 1. The van der Waals surface area contributed by atoms with Gasteiger partial charge in [0, 0.05) is 23.7 Å². The van der Waals surface area contributed by atoms with Gasteiger partial charge in [0.1, 0.15) is 0 Å². The van der Waals surface area contributed by atoms with Crippen LogP contribution in [-0.2, 0) is 6.54 Å². The molecule has 0 aliphatic carbocycles. The summed E-state index contributed by atoms with van der Waals surface area (Å²) in [4.78, 5) is 7.50. The Morgan fingerprint density at radius 3 is 3.21 bits per heavy atom. The number of hydrogen-bond donors (Lipinski definition) is 2. The monoisotopic (exact) mass is 213 g/mol. The largest absolute Gasteiger partial charge is 0.395 e. The number of aliphatic hydroxyl groups is 1. The molecule has 1 aliphatic heterocycles. The Hall–Kier alpha value is -0.650. The fourth-order valence-corrected chi connectivity index (χ4v) is 2.62. The van der Waals surface area contributed by atoms with Crippen molar-refractivity contribution in [3.8, 4) is 0 Å². The molecule has 1 atom stereocenters. The predicted molar refractivity (Wildman–Crippen MR) is 57.0 cm³/mol. The smallest absolute Gasteiger partial charge is 0.180 e. The lowest BCUT2D eigenvalue weighted by Crippen LogP contribution is -2.31. The second kappa shape index (κ2) is 4.25. The molecule has 0 saturated carbocycles. The van der Waals surface area contributed by atoms with E-state index < -0.39 is 0 Å². The van der Waals surface area contributed by atoms with Crippen molar-refractivity contribution in [3.63, 3.8) is 0 Å². The lowest BCUT2D eigenvalue weighted by molar-refractivity contribution is 0.154. The van der Waals surface area contributed by atoms with Crippen LogP contribution in [0.3, 0.4) is 0 Å². The summed E-state index contributed by atoms with van der Waals surface area (Å²) in [5, 5.41) is 9.77.